The van der Waals surface area contributed by atoms with Gasteiger partial charge in [0.1, 0.15) is 0 Å². The van der Waals surface area contributed by atoms with E-state index < -0.39 is 7.51 Å². The Morgan fingerprint density at radius 1 is 0.759 bits per heavy atom. The van der Waals surface area contributed by atoms with E-state index in [-0.39, 0.29) is 0 Å². The average Bonchev–Trinajstić information content (AvgIpc) is 3.05. The van der Waals surface area contributed by atoms with Gasteiger partial charge in [-0.2, -0.15) is 0 Å². The van der Waals surface area contributed by atoms with Gasteiger partial charge in [0.2, 0.25) is 0 Å². The van der Waals surface area contributed by atoms with Gasteiger partial charge in [0.15, 0.2) is 0 Å². The van der Waals surface area contributed by atoms with Crippen LogP contribution in [0.3, 0.4) is 0 Å². The summed E-state index contributed by atoms with van der Waals surface area (Å²) >= 11 is 0. The number of hydrogen-bond donors (Lipinski definition) is 0. The number of hydrogen-bond acceptors (Lipinski definition) is 4. The monoisotopic (exact) mass is 430 g/mol. The van der Waals surface area contributed by atoms with Gasteiger partial charge in [-0.05, 0) is 0 Å². The second kappa shape index (κ2) is 15.4. The zero-order chi connectivity index (χ0) is 21.3. The van der Waals surface area contributed by atoms with Crippen LogP contribution in [0, 0.1) is 0 Å². The van der Waals surface area contributed by atoms with Gasteiger partial charge in [-0.1, -0.05) is 32.6 Å². The van der Waals surface area contributed by atoms with E-state index >= 15 is 0 Å². The van der Waals surface area contributed by atoms with Gasteiger partial charge >= 0.3 is 148 Å². The summed E-state index contributed by atoms with van der Waals surface area (Å²) in [6, 6.07) is 0. The molecular weight excluding hydrogens is 383 g/mol. The van der Waals surface area contributed by atoms with Gasteiger partial charge < -0.3 is 0 Å². The van der Waals surface area contributed by atoms with Crippen molar-refractivity contribution in [2.75, 3.05) is 26.0 Å². The average molecular weight is 431 g/mol. The van der Waals surface area contributed by atoms with E-state index in [0.29, 0.717) is 26.0 Å². The maximum atomic E-state index is 6.20. The van der Waals surface area contributed by atoms with Gasteiger partial charge in [-0.15, -0.1) is 0 Å². The Morgan fingerprint density at radius 3 is 1.72 bits per heavy atom. The van der Waals surface area contributed by atoms with Crippen molar-refractivity contribution in [2.24, 2.45) is 0 Å². The van der Waals surface area contributed by atoms with E-state index in [1.807, 2.05) is 20.8 Å². The molecule has 0 saturated carbocycles. The van der Waals surface area contributed by atoms with Crippen LogP contribution in [0.2, 0.25) is 0 Å². The summed E-state index contributed by atoms with van der Waals surface area (Å²) in [6.45, 7) is 9.69. The Hall–Kier alpha value is -0.410. The maximum absolute atomic E-state index is 6.20. The quantitative estimate of drug-likeness (QED) is 0.152. The predicted molar refractivity (Wildman–Crippen MR) is 126 cm³/mol. The first-order valence-corrected chi connectivity index (χ1v) is 14.3. The molecule has 0 amide bonds. The minimum absolute atomic E-state index is 0.515. The van der Waals surface area contributed by atoms with Gasteiger partial charge in [-0.25, -0.2) is 0 Å². The summed E-state index contributed by atoms with van der Waals surface area (Å²) in [5, 5.41) is 0. The van der Waals surface area contributed by atoms with Crippen molar-refractivity contribution < 1.29 is 18.1 Å². The van der Waals surface area contributed by atoms with E-state index in [9.17, 15) is 0 Å². The second-order valence-corrected chi connectivity index (χ2v) is 11.1. The first kappa shape index (κ1) is 26.6. The molecule has 4 nitrogen and oxygen atoms in total. The molecule has 0 N–H and O–H groups in total. The van der Waals surface area contributed by atoms with Crippen molar-refractivity contribution in [3.05, 3.63) is 24.0 Å². The van der Waals surface area contributed by atoms with Gasteiger partial charge in [0.25, 0.3) is 0 Å². The Kier molecular flexibility index (Phi) is 14.1. The Bertz CT molecular complexity index is 456. The topological polar surface area (TPSA) is 36.9 Å². The van der Waals surface area contributed by atoms with E-state index in [1.165, 1.54) is 70.6 Å². The van der Waals surface area contributed by atoms with Gasteiger partial charge in [-0.3, -0.25) is 0 Å². The molecule has 1 heterocycles. The molecule has 0 aliphatic carbocycles. The molecule has 0 aromatic heterocycles. The summed E-state index contributed by atoms with van der Waals surface area (Å²) in [5.74, 6) is 0.820. The molecule has 0 aromatic rings. The first-order chi connectivity index (χ1) is 14.1. The molecule has 29 heavy (non-hydrogen) atoms. The third-order valence-electron chi connectivity index (χ3n) is 5.26. The van der Waals surface area contributed by atoms with Gasteiger partial charge in [0.05, 0.1) is 0 Å². The van der Waals surface area contributed by atoms with Crippen LogP contribution in [0.15, 0.2) is 24.0 Å². The molecule has 0 radical (unpaired) electrons. The van der Waals surface area contributed by atoms with Crippen molar-refractivity contribution in [3.63, 3.8) is 0 Å². The van der Waals surface area contributed by atoms with Crippen LogP contribution in [-0.4, -0.2) is 26.0 Å². The zero-order valence-electron chi connectivity index (χ0n) is 19.6. The predicted octanol–water partition coefficient (Wildman–Crippen LogP) is 8.48. The molecule has 0 spiro atoms. The molecule has 0 unspecified atom stereocenters. The minimum atomic E-state index is -3.48. The number of rotatable bonds is 19. The molecule has 0 atom stereocenters. The summed E-state index contributed by atoms with van der Waals surface area (Å²) in [5.41, 5.74) is 0. The third kappa shape index (κ3) is 9.96. The van der Waals surface area contributed by atoms with E-state index in [4.69, 9.17) is 18.1 Å². The van der Waals surface area contributed by atoms with Crippen molar-refractivity contribution in [1.29, 1.82) is 0 Å². The molecule has 1 aliphatic heterocycles. The van der Waals surface area contributed by atoms with Crippen LogP contribution in [0.4, 0.5) is 0 Å². The molecule has 0 aromatic carbocycles. The van der Waals surface area contributed by atoms with Crippen LogP contribution in [0.5, 0.6) is 0 Å². The Morgan fingerprint density at radius 2 is 1.24 bits per heavy atom. The van der Waals surface area contributed by atoms with Crippen molar-refractivity contribution >= 4 is 7.51 Å². The summed E-state index contributed by atoms with van der Waals surface area (Å²) in [4.78, 5) is 0. The Labute approximate surface area is 180 Å². The molecule has 0 bridgehead atoms. The summed E-state index contributed by atoms with van der Waals surface area (Å²) < 4.78 is 24.2. The van der Waals surface area contributed by atoms with Crippen molar-refractivity contribution in [1.82, 2.24) is 0 Å². The summed E-state index contributed by atoms with van der Waals surface area (Å²) in [7, 11) is -3.48. The van der Waals surface area contributed by atoms with Crippen molar-refractivity contribution in [2.45, 2.75) is 105 Å². The fraction of sp³-hybridized carbons (Fsp3) is 0.833. The molecule has 172 valence electrons. The Balaban J connectivity index is 2.19. The number of allylic oxidation sites excluding steroid dienone is 3. The van der Waals surface area contributed by atoms with E-state index in [2.05, 4.69) is 25.2 Å². The first-order valence-electron chi connectivity index (χ1n) is 12.2. The molecule has 1 rings (SSSR count). The fourth-order valence-electron chi connectivity index (χ4n) is 3.84. The normalized spacial score (nSPS) is 19.0. The SMILES string of the molecule is CCCCCCCCCCCCC/C=C/C1=CCP(OCC)(OCC)(OCC)O1. The van der Waals surface area contributed by atoms with E-state index in [1.54, 1.807) is 0 Å². The van der Waals surface area contributed by atoms with Crippen LogP contribution < -0.4 is 0 Å². The van der Waals surface area contributed by atoms with Crippen LogP contribution in [-0.2, 0) is 18.1 Å². The molecule has 0 saturated heterocycles. The van der Waals surface area contributed by atoms with Crippen LogP contribution in [0.25, 0.3) is 0 Å². The van der Waals surface area contributed by atoms with Crippen LogP contribution in [0.1, 0.15) is 105 Å². The number of unbranched alkanes of at least 4 members (excludes halogenated alkanes) is 11. The van der Waals surface area contributed by atoms with Crippen LogP contribution >= 0.6 is 7.51 Å². The fourth-order valence-corrected chi connectivity index (χ4v) is 7.13. The molecular formula is C24H47O4P. The van der Waals surface area contributed by atoms with E-state index in [0.717, 1.165) is 12.2 Å². The third-order valence-corrected chi connectivity index (χ3v) is 8.88. The second-order valence-electron chi connectivity index (χ2n) is 7.82. The standard InChI is InChI=1S/C24H47O4P/c1-5-9-10-11-12-13-14-15-16-17-18-19-20-21-24-22-23-29(28-24,25-6-2,26-7-3)27-8-4/h20-22H,5-19,23H2,1-4H3/b21-20+. The van der Waals surface area contributed by atoms with Crippen molar-refractivity contribution in [3.8, 4) is 0 Å². The molecule has 1 aliphatic rings. The summed E-state index contributed by atoms with van der Waals surface area (Å²) in [6.07, 6.45) is 23.1. The molecule has 0 fully saturated rings. The van der Waals surface area contributed by atoms with Gasteiger partial charge in [0, 0.05) is 0 Å². The molecule has 5 heteroatoms. The zero-order valence-corrected chi connectivity index (χ0v) is 20.5.